The van der Waals surface area contributed by atoms with Gasteiger partial charge in [0.2, 0.25) is 0 Å². The zero-order chi connectivity index (χ0) is 15.6. The second kappa shape index (κ2) is 7.92. The molecule has 1 unspecified atom stereocenters. The third-order valence-corrected chi connectivity index (χ3v) is 5.73. The Bertz CT molecular complexity index is 630. The molecule has 23 heavy (non-hydrogen) atoms. The van der Waals surface area contributed by atoms with Crippen LogP contribution in [0.5, 0.6) is 0 Å². The minimum Gasteiger partial charge on any atom is -0.309 e. The highest BCUT2D eigenvalue weighted by molar-refractivity contribution is 7.85. The van der Waals surface area contributed by atoms with Crippen molar-refractivity contribution in [1.29, 1.82) is 0 Å². The average Bonchev–Trinajstić information content (AvgIpc) is 2.52. The van der Waals surface area contributed by atoms with Crippen LogP contribution in [0.15, 0.2) is 17.2 Å². The second-order valence-electron chi connectivity index (χ2n) is 6.59. The van der Waals surface area contributed by atoms with E-state index in [0.29, 0.717) is 6.04 Å². The zero-order valence-electron chi connectivity index (χ0n) is 13.2. The number of halogens is 1. The molecule has 1 aromatic heterocycles. The Labute approximate surface area is 144 Å². The molecule has 7 heteroatoms. The molecule has 1 atom stereocenters. The molecular weight excluding hydrogens is 336 g/mol. The Hall–Kier alpha value is -0.690. The van der Waals surface area contributed by atoms with Crippen molar-refractivity contribution in [3.8, 4) is 0 Å². The Morgan fingerprint density at radius 3 is 2.61 bits per heavy atom. The van der Waals surface area contributed by atoms with Crippen molar-refractivity contribution in [2.24, 2.45) is 5.92 Å². The van der Waals surface area contributed by atoms with Crippen LogP contribution in [0.2, 0.25) is 0 Å². The lowest BCUT2D eigenvalue weighted by atomic mass is 9.84. The normalized spacial score (nSPS) is 22.2. The summed E-state index contributed by atoms with van der Waals surface area (Å²) in [6.07, 6.45) is 9.92. The molecule has 1 aromatic rings. The van der Waals surface area contributed by atoms with Crippen molar-refractivity contribution in [2.45, 2.75) is 69.0 Å². The summed E-state index contributed by atoms with van der Waals surface area (Å²) in [5.74, 6) is 0.856. The van der Waals surface area contributed by atoms with Crippen LogP contribution in [0, 0.1) is 5.92 Å². The first-order chi connectivity index (χ1) is 10.5. The molecular formula is C16H25ClN2O3S. The van der Waals surface area contributed by atoms with Crippen LogP contribution in [0.1, 0.15) is 56.2 Å². The monoisotopic (exact) mass is 360 g/mol. The van der Waals surface area contributed by atoms with Crippen LogP contribution in [-0.4, -0.2) is 24.0 Å². The van der Waals surface area contributed by atoms with E-state index in [1.54, 1.807) is 6.07 Å². The molecule has 0 radical (unpaired) electrons. The summed E-state index contributed by atoms with van der Waals surface area (Å²) in [6.45, 7) is 0.726. The predicted molar refractivity (Wildman–Crippen MR) is 91.4 cm³/mol. The maximum atomic E-state index is 11.2. The van der Waals surface area contributed by atoms with Crippen molar-refractivity contribution < 1.29 is 13.0 Å². The van der Waals surface area contributed by atoms with E-state index in [-0.39, 0.29) is 17.4 Å². The summed E-state index contributed by atoms with van der Waals surface area (Å²) in [5.41, 5.74) is 1.84. The van der Waals surface area contributed by atoms with Gasteiger partial charge in [-0.1, -0.05) is 38.2 Å². The van der Waals surface area contributed by atoms with Crippen LogP contribution in [0.4, 0.5) is 0 Å². The van der Waals surface area contributed by atoms with E-state index in [1.165, 1.54) is 44.6 Å². The van der Waals surface area contributed by atoms with Crippen molar-refractivity contribution >= 4 is 22.5 Å². The Kier molecular flexibility index (Phi) is 6.42. The standard InChI is InChI=1S/C16H24N2O3S.ClH/c19-22(20,21)16-9-7-13-11-17-14(10-15(13)18-16)8-6-12-4-2-1-3-5-12;/h7,9,12,14,17H,1-6,8,10-11H2,(H,19,20,21);1H. The van der Waals surface area contributed by atoms with E-state index >= 15 is 0 Å². The van der Waals surface area contributed by atoms with Gasteiger partial charge in [-0.2, -0.15) is 8.42 Å². The smallest absolute Gasteiger partial charge is 0.309 e. The minimum atomic E-state index is -4.21. The average molecular weight is 361 g/mol. The van der Waals surface area contributed by atoms with Gasteiger partial charge in [-0.15, -0.1) is 12.4 Å². The van der Waals surface area contributed by atoms with Gasteiger partial charge in [0.25, 0.3) is 0 Å². The van der Waals surface area contributed by atoms with Gasteiger partial charge < -0.3 is 5.32 Å². The minimum absolute atomic E-state index is 0. The number of nitrogens with one attached hydrogen (secondary N) is 1. The summed E-state index contributed by atoms with van der Waals surface area (Å²) in [4.78, 5) is 4.15. The fourth-order valence-electron chi connectivity index (χ4n) is 3.67. The van der Waals surface area contributed by atoms with E-state index in [9.17, 15) is 8.42 Å². The van der Waals surface area contributed by atoms with Gasteiger partial charge in [0.15, 0.2) is 5.03 Å². The van der Waals surface area contributed by atoms with Crippen molar-refractivity contribution in [3.05, 3.63) is 23.4 Å². The molecule has 0 spiro atoms. The number of fused-ring (bicyclic) bond motifs is 1. The van der Waals surface area contributed by atoms with Gasteiger partial charge in [0.1, 0.15) is 0 Å². The van der Waals surface area contributed by atoms with Crippen molar-refractivity contribution in [1.82, 2.24) is 10.3 Å². The van der Waals surface area contributed by atoms with Crippen molar-refractivity contribution in [2.75, 3.05) is 0 Å². The Balaban J connectivity index is 0.00000192. The molecule has 1 saturated carbocycles. The maximum absolute atomic E-state index is 11.2. The fourth-order valence-corrected chi connectivity index (χ4v) is 4.13. The summed E-state index contributed by atoms with van der Waals surface area (Å²) >= 11 is 0. The molecule has 5 nitrogen and oxygen atoms in total. The molecule has 0 aromatic carbocycles. The molecule has 0 amide bonds. The van der Waals surface area contributed by atoms with Gasteiger partial charge in [-0.25, -0.2) is 4.98 Å². The molecule has 1 fully saturated rings. The van der Waals surface area contributed by atoms with Gasteiger partial charge in [-0.05, 0) is 30.4 Å². The number of pyridine rings is 1. The van der Waals surface area contributed by atoms with E-state index in [1.807, 2.05) is 0 Å². The largest absolute Gasteiger partial charge is 0.312 e. The molecule has 130 valence electrons. The number of aromatic nitrogens is 1. The van der Waals surface area contributed by atoms with Crippen LogP contribution < -0.4 is 5.32 Å². The van der Waals surface area contributed by atoms with E-state index < -0.39 is 10.1 Å². The van der Waals surface area contributed by atoms with E-state index in [0.717, 1.165) is 36.6 Å². The lowest BCUT2D eigenvalue weighted by Gasteiger charge is -2.28. The lowest BCUT2D eigenvalue weighted by molar-refractivity contribution is 0.307. The molecule has 0 bridgehead atoms. The molecule has 2 aliphatic rings. The number of nitrogens with zero attached hydrogens (tertiary/aromatic N) is 1. The van der Waals surface area contributed by atoms with E-state index in [4.69, 9.17) is 4.55 Å². The highest BCUT2D eigenvalue weighted by Gasteiger charge is 2.23. The van der Waals surface area contributed by atoms with Crippen LogP contribution in [0.3, 0.4) is 0 Å². The van der Waals surface area contributed by atoms with Crippen LogP contribution >= 0.6 is 12.4 Å². The molecule has 1 aliphatic carbocycles. The van der Waals surface area contributed by atoms with Crippen LogP contribution in [-0.2, 0) is 23.1 Å². The van der Waals surface area contributed by atoms with Gasteiger partial charge in [-0.3, -0.25) is 4.55 Å². The summed E-state index contributed by atoms with van der Waals surface area (Å²) in [7, 11) is -4.21. The molecule has 2 heterocycles. The lowest BCUT2D eigenvalue weighted by Crippen LogP contribution is -2.36. The first kappa shape index (κ1) is 18.6. The van der Waals surface area contributed by atoms with Gasteiger partial charge in [0.05, 0.1) is 0 Å². The summed E-state index contributed by atoms with van der Waals surface area (Å²) in [6, 6.07) is 3.48. The highest BCUT2D eigenvalue weighted by Crippen LogP contribution is 2.29. The van der Waals surface area contributed by atoms with E-state index in [2.05, 4.69) is 10.3 Å². The third-order valence-electron chi connectivity index (χ3n) is 4.98. The maximum Gasteiger partial charge on any atom is 0.312 e. The second-order valence-corrected chi connectivity index (χ2v) is 7.96. The van der Waals surface area contributed by atoms with Gasteiger partial charge in [0, 0.05) is 24.7 Å². The van der Waals surface area contributed by atoms with Gasteiger partial charge >= 0.3 is 10.1 Å². The molecule has 0 saturated heterocycles. The highest BCUT2D eigenvalue weighted by atomic mass is 35.5. The third kappa shape index (κ3) is 4.89. The molecule has 2 N–H and O–H groups in total. The van der Waals surface area contributed by atoms with Crippen LogP contribution in [0.25, 0.3) is 0 Å². The number of hydrogen-bond acceptors (Lipinski definition) is 4. The topological polar surface area (TPSA) is 79.3 Å². The molecule has 3 rings (SSSR count). The fraction of sp³-hybridized carbons (Fsp3) is 0.688. The predicted octanol–water partition coefficient (Wildman–Crippen LogP) is 3.12. The summed E-state index contributed by atoms with van der Waals surface area (Å²) in [5, 5.41) is 3.28. The first-order valence-corrected chi connectivity index (χ1v) is 9.66. The Morgan fingerprint density at radius 1 is 1.17 bits per heavy atom. The zero-order valence-corrected chi connectivity index (χ0v) is 14.8. The first-order valence-electron chi connectivity index (χ1n) is 8.22. The number of hydrogen-bond donors (Lipinski definition) is 2. The Morgan fingerprint density at radius 2 is 1.91 bits per heavy atom. The number of rotatable bonds is 4. The quantitative estimate of drug-likeness (QED) is 0.806. The SMILES string of the molecule is Cl.O=S(=O)(O)c1ccc2c(n1)CC(CCC1CCCCC1)NC2. The molecule has 1 aliphatic heterocycles. The summed E-state index contributed by atoms with van der Waals surface area (Å²) < 4.78 is 31.5. The van der Waals surface area contributed by atoms with Crippen molar-refractivity contribution in [3.63, 3.8) is 0 Å².